The van der Waals surface area contributed by atoms with Crippen LogP contribution in [0.3, 0.4) is 0 Å². The first-order chi connectivity index (χ1) is 45.9. The standard InChI is InChI=1S/C30H34N2O6.C29H35NO4.C19H23NO2.H2/c1-2-3-8-17-35-26-15-16-27(25(20-32)24(26)19-31)38-29(33)23-13-11-22(12-14-23)10-7-5-4-6-9-18-36-30(34)28-21-37-28;1-3-5-9-13-24-16-19-27(26(21-24)22-30)34-29(32)25-17-14-23(15-18-25)12-10-7-6-8-11-20-33-28(31)4-2;1-2-19(21)22-13-3-4-15-5-9-17(10-6-15)18-11-7-16(14-20)8-12-18;/h11-16,28H,2-10,17-18,21H2,1H3;4,14-19,21H,2-3,5-13,20H2,1H3;2,7-8,11-12,15,17H,1,3-6,9-10,13H2;1H. The number of hydrogen-bond donors (Lipinski definition) is 0. The molecular weight excluding hydrogens is 1180 g/mol. The highest BCUT2D eigenvalue weighted by molar-refractivity contribution is 5.92. The van der Waals surface area contributed by atoms with Gasteiger partial charge in [0.05, 0.1) is 61.4 Å². The van der Waals surface area contributed by atoms with E-state index < -0.39 is 11.9 Å². The molecule has 0 aromatic heterocycles. The number of nitrogens with zero attached hydrogens (tertiary/aromatic N) is 4. The first kappa shape index (κ1) is 75.4. The highest BCUT2D eigenvalue weighted by atomic mass is 16.6. The maximum atomic E-state index is 12.7. The van der Waals surface area contributed by atoms with Crippen LogP contribution in [0.1, 0.15) is 228 Å². The van der Waals surface area contributed by atoms with Gasteiger partial charge in [-0.1, -0.05) is 134 Å². The molecule has 2 aliphatic rings. The van der Waals surface area contributed by atoms with Gasteiger partial charge in [0.1, 0.15) is 40.8 Å². The van der Waals surface area contributed by atoms with Crippen molar-refractivity contribution in [3.8, 4) is 41.5 Å². The van der Waals surface area contributed by atoms with Crippen molar-refractivity contribution < 1.29 is 58.6 Å². The summed E-state index contributed by atoms with van der Waals surface area (Å²) in [6.45, 7) is 13.3. The van der Waals surface area contributed by atoms with Gasteiger partial charge in [0.15, 0.2) is 11.9 Å². The van der Waals surface area contributed by atoms with Crippen LogP contribution in [-0.4, -0.2) is 69.0 Å². The number of rotatable bonds is 37. The Morgan fingerprint density at radius 3 is 1.49 bits per heavy atom. The molecule has 0 N–H and O–H groups in total. The fourth-order valence-electron chi connectivity index (χ4n) is 10.8. The van der Waals surface area contributed by atoms with Gasteiger partial charge in [0, 0.05) is 13.6 Å². The molecular formula is C78H94N4O12. The maximum absolute atomic E-state index is 12.7. The van der Waals surface area contributed by atoms with E-state index >= 15 is 0 Å². The van der Waals surface area contributed by atoms with Crippen LogP contribution in [-0.2, 0) is 52.6 Å². The van der Waals surface area contributed by atoms with E-state index in [0.717, 1.165) is 157 Å². The van der Waals surface area contributed by atoms with Gasteiger partial charge >= 0.3 is 29.8 Å². The van der Waals surface area contributed by atoms with Crippen LogP contribution in [0.5, 0.6) is 17.2 Å². The monoisotopic (exact) mass is 1280 g/mol. The number of nitriles is 4. The predicted molar refractivity (Wildman–Crippen MR) is 362 cm³/mol. The normalized spacial score (nSPS) is 14.2. The Bertz CT molecular complexity index is 3360. The zero-order chi connectivity index (χ0) is 67.6. The molecule has 1 atom stereocenters. The zero-order valence-electron chi connectivity index (χ0n) is 55.0. The van der Waals surface area contributed by atoms with Gasteiger partial charge < -0.3 is 33.2 Å². The Morgan fingerprint density at radius 2 is 0.957 bits per heavy atom. The smallest absolute Gasteiger partial charge is 0.343 e. The van der Waals surface area contributed by atoms with Gasteiger partial charge in [-0.3, -0.25) is 0 Å². The number of epoxide rings is 1. The van der Waals surface area contributed by atoms with Crippen molar-refractivity contribution in [2.45, 2.75) is 186 Å². The Kier molecular flexibility index (Phi) is 35.5. The second kappa shape index (κ2) is 44.2. The number of carbonyl (C=O) groups excluding carboxylic acids is 5. The number of aryl methyl sites for hydroxylation is 3. The largest absolute Gasteiger partial charge is 0.492 e. The number of hydrogen-bond acceptors (Lipinski definition) is 16. The summed E-state index contributed by atoms with van der Waals surface area (Å²) in [4.78, 5) is 58.5. The van der Waals surface area contributed by atoms with E-state index in [1.54, 1.807) is 36.4 Å². The lowest BCUT2D eigenvalue weighted by atomic mass is 9.77. The molecule has 1 unspecified atom stereocenters. The van der Waals surface area contributed by atoms with E-state index in [1.165, 1.54) is 55.0 Å². The fraction of sp³-hybridized carbons (Fsp3) is 0.449. The molecule has 7 rings (SSSR count). The van der Waals surface area contributed by atoms with Crippen molar-refractivity contribution in [2.24, 2.45) is 5.92 Å². The van der Waals surface area contributed by atoms with Crippen LogP contribution in [0.25, 0.3) is 0 Å². The number of carbonyl (C=O) groups is 5. The molecule has 1 aliphatic carbocycles. The molecule has 2 fully saturated rings. The lowest BCUT2D eigenvalue weighted by molar-refractivity contribution is -0.145. The molecule has 1 aliphatic heterocycles. The Hall–Kier alpha value is -9.35. The second-order valence-corrected chi connectivity index (χ2v) is 23.5. The lowest BCUT2D eigenvalue weighted by Gasteiger charge is -2.28. The molecule has 16 heteroatoms. The number of esters is 5. The van der Waals surface area contributed by atoms with Gasteiger partial charge in [0.2, 0.25) is 0 Å². The van der Waals surface area contributed by atoms with Gasteiger partial charge in [-0.15, -0.1) is 0 Å². The average Bonchev–Trinajstić information content (AvgIpc) is 2.29. The molecule has 94 heavy (non-hydrogen) atoms. The van der Waals surface area contributed by atoms with Gasteiger partial charge in [-0.05, 0) is 191 Å². The van der Waals surface area contributed by atoms with Gasteiger partial charge in [0.25, 0.3) is 0 Å². The first-order valence-corrected chi connectivity index (χ1v) is 33.5. The lowest BCUT2D eigenvalue weighted by Crippen LogP contribution is -2.14. The van der Waals surface area contributed by atoms with Crippen LogP contribution in [0, 0.1) is 51.2 Å². The highest BCUT2D eigenvalue weighted by Gasteiger charge is 2.32. The number of unbranched alkanes of at least 4 members (excludes halogenated alkanes) is 12. The molecule has 0 amide bonds. The molecule has 1 heterocycles. The SMILES string of the molecule is C=CC(=O)OCCCC1CCC(c2ccc(C#N)cc2)CC1.C=CC(=O)OCCCCCCCc1ccc(C(=O)Oc2ccc(CCCCC)cc2C#N)cc1.CCCCCOc1ccc(OC(=O)c2ccc(CCCCCCCOC(=O)C3CO3)cc2)c(C#N)c1C#N.[HH]. The Labute approximate surface area is 557 Å². The van der Waals surface area contributed by atoms with Crippen molar-refractivity contribution in [3.63, 3.8) is 0 Å². The van der Waals surface area contributed by atoms with Crippen LogP contribution in [0.2, 0.25) is 0 Å². The third kappa shape index (κ3) is 28.3. The minimum absolute atomic E-state index is 0. The van der Waals surface area contributed by atoms with Gasteiger partial charge in [-0.2, -0.15) is 21.0 Å². The van der Waals surface area contributed by atoms with E-state index in [4.69, 9.17) is 38.4 Å². The molecule has 0 radical (unpaired) electrons. The maximum Gasteiger partial charge on any atom is 0.343 e. The number of benzene rings is 5. The third-order valence-corrected chi connectivity index (χ3v) is 16.4. The Morgan fingerprint density at radius 1 is 0.500 bits per heavy atom. The molecule has 0 bridgehead atoms. The summed E-state index contributed by atoms with van der Waals surface area (Å²) >= 11 is 0. The average molecular weight is 1280 g/mol. The highest BCUT2D eigenvalue weighted by Crippen LogP contribution is 2.38. The molecule has 16 nitrogen and oxygen atoms in total. The van der Waals surface area contributed by atoms with Crippen LogP contribution >= 0.6 is 0 Å². The van der Waals surface area contributed by atoms with Gasteiger partial charge in [-0.25, -0.2) is 24.0 Å². The van der Waals surface area contributed by atoms with Crippen molar-refractivity contribution in [3.05, 3.63) is 184 Å². The molecule has 498 valence electrons. The summed E-state index contributed by atoms with van der Waals surface area (Å²) in [5.41, 5.74) is 6.74. The summed E-state index contributed by atoms with van der Waals surface area (Å²) in [6, 6.07) is 39.5. The molecule has 1 saturated carbocycles. The first-order valence-electron chi connectivity index (χ1n) is 33.5. The van der Waals surface area contributed by atoms with Crippen LogP contribution in [0.15, 0.2) is 128 Å². The summed E-state index contributed by atoms with van der Waals surface area (Å²) in [7, 11) is 0. The van der Waals surface area contributed by atoms with E-state index in [-0.39, 0.29) is 42.3 Å². The van der Waals surface area contributed by atoms with E-state index in [0.29, 0.717) is 67.1 Å². The van der Waals surface area contributed by atoms with E-state index in [9.17, 15) is 39.8 Å². The third-order valence-electron chi connectivity index (χ3n) is 16.4. The molecule has 0 spiro atoms. The Balaban J connectivity index is 0.000000312. The van der Waals surface area contributed by atoms with E-state index in [1.807, 2.05) is 60.7 Å². The summed E-state index contributed by atoms with van der Waals surface area (Å²) in [6.07, 6.45) is 28.3. The van der Waals surface area contributed by atoms with Crippen molar-refractivity contribution in [1.29, 1.82) is 21.0 Å². The zero-order valence-corrected chi connectivity index (χ0v) is 55.0. The quantitative estimate of drug-likeness (QED) is 0.00895. The van der Waals surface area contributed by atoms with Crippen LogP contribution < -0.4 is 14.2 Å². The van der Waals surface area contributed by atoms with Crippen molar-refractivity contribution in [2.75, 3.05) is 33.0 Å². The minimum Gasteiger partial charge on any atom is -0.492 e. The fourth-order valence-corrected chi connectivity index (χ4v) is 10.8. The molecule has 1 saturated heterocycles. The number of ether oxygens (including phenoxy) is 7. The van der Waals surface area contributed by atoms with Crippen molar-refractivity contribution in [1.82, 2.24) is 0 Å². The molecule has 5 aromatic carbocycles. The van der Waals surface area contributed by atoms with Crippen molar-refractivity contribution >= 4 is 29.8 Å². The van der Waals surface area contributed by atoms with Crippen LogP contribution in [0.4, 0.5) is 0 Å². The second-order valence-electron chi connectivity index (χ2n) is 23.5. The minimum atomic E-state index is -0.595. The molecule has 5 aromatic rings. The summed E-state index contributed by atoms with van der Waals surface area (Å²) in [5, 5.41) is 37.5. The predicted octanol–water partition coefficient (Wildman–Crippen LogP) is 17.0. The topological polar surface area (TPSA) is 248 Å². The summed E-state index contributed by atoms with van der Waals surface area (Å²) in [5.74, 6) is 0.0238. The van der Waals surface area contributed by atoms with E-state index in [2.05, 4.69) is 51.3 Å². The summed E-state index contributed by atoms with van der Waals surface area (Å²) < 4.78 is 36.6.